The lowest BCUT2D eigenvalue weighted by Gasteiger charge is -2.16. The molecule has 0 aliphatic carbocycles. The standard InChI is InChI=1S/C10H12S.C2H6/c1-10(2)7-11-9-6-4-3-5-8(9)10;1-2/h3-6H,7H2,1-2H3;1-2H3. The van der Waals surface area contributed by atoms with Crippen LogP contribution in [0.4, 0.5) is 0 Å². The molecule has 0 saturated carbocycles. The molecule has 0 fully saturated rings. The van der Waals surface area contributed by atoms with Crippen LogP contribution in [0.3, 0.4) is 0 Å². The summed E-state index contributed by atoms with van der Waals surface area (Å²) < 4.78 is 0. The summed E-state index contributed by atoms with van der Waals surface area (Å²) in [5.74, 6) is 1.23. The Hall–Kier alpha value is -0.430. The van der Waals surface area contributed by atoms with E-state index in [-0.39, 0.29) is 0 Å². The minimum Gasteiger partial charge on any atom is -0.125 e. The molecule has 0 atom stereocenters. The number of rotatable bonds is 0. The Morgan fingerprint density at radius 3 is 2.38 bits per heavy atom. The second kappa shape index (κ2) is 4.19. The Labute approximate surface area is 85.7 Å². The highest BCUT2D eigenvalue weighted by atomic mass is 32.2. The van der Waals surface area contributed by atoms with Crippen LogP contribution in [0.1, 0.15) is 33.3 Å². The van der Waals surface area contributed by atoms with E-state index < -0.39 is 0 Å². The third-order valence-electron chi connectivity index (χ3n) is 2.20. The average Bonchev–Trinajstić information content (AvgIpc) is 2.47. The summed E-state index contributed by atoms with van der Waals surface area (Å²) in [6.07, 6.45) is 0. The highest BCUT2D eigenvalue weighted by Gasteiger charge is 2.29. The Bertz CT molecular complexity index is 276. The highest BCUT2D eigenvalue weighted by Crippen LogP contribution is 2.42. The fourth-order valence-corrected chi connectivity index (χ4v) is 2.83. The number of benzene rings is 1. The van der Waals surface area contributed by atoms with Crippen LogP contribution in [-0.4, -0.2) is 5.75 Å². The van der Waals surface area contributed by atoms with E-state index >= 15 is 0 Å². The summed E-state index contributed by atoms with van der Waals surface area (Å²) in [7, 11) is 0. The molecule has 0 bridgehead atoms. The molecule has 0 unspecified atom stereocenters. The first kappa shape index (κ1) is 10.6. The summed E-state index contributed by atoms with van der Waals surface area (Å²) in [6.45, 7) is 8.62. The van der Waals surface area contributed by atoms with Gasteiger partial charge < -0.3 is 0 Å². The molecule has 72 valence electrons. The van der Waals surface area contributed by atoms with E-state index in [4.69, 9.17) is 0 Å². The molecule has 1 heteroatoms. The molecule has 2 rings (SSSR count). The van der Waals surface area contributed by atoms with Crippen molar-refractivity contribution in [3.63, 3.8) is 0 Å². The minimum atomic E-state index is 0.390. The van der Waals surface area contributed by atoms with Gasteiger partial charge in [0.2, 0.25) is 0 Å². The Kier molecular flexibility index (Phi) is 3.43. The van der Waals surface area contributed by atoms with Gasteiger partial charge in [-0.3, -0.25) is 0 Å². The second-order valence-corrected chi connectivity index (χ2v) is 4.69. The zero-order valence-corrected chi connectivity index (χ0v) is 9.74. The van der Waals surface area contributed by atoms with Gasteiger partial charge in [-0.2, -0.15) is 0 Å². The third-order valence-corrected chi connectivity index (χ3v) is 3.74. The van der Waals surface area contributed by atoms with Crippen molar-refractivity contribution in [3.05, 3.63) is 29.8 Å². The zero-order valence-electron chi connectivity index (χ0n) is 8.92. The molecule has 1 aromatic rings. The van der Waals surface area contributed by atoms with Gasteiger partial charge in [-0.1, -0.05) is 45.9 Å². The topological polar surface area (TPSA) is 0 Å². The molecule has 1 heterocycles. The largest absolute Gasteiger partial charge is 0.125 e. The van der Waals surface area contributed by atoms with Crippen LogP contribution in [0, 0.1) is 0 Å². The zero-order chi connectivity index (χ0) is 9.90. The van der Waals surface area contributed by atoms with E-state index in [0.717, 1.165) is 0 Å². The van der Waals surface area contributed by atoms with Crippen LogP contribution in [0.5, 0.6) is 0 Å². The van der Waals surface area contributed by atoms with E-state index in [1.807, 2.05) is 25.6 Å². The van der Waals surface area contributed by atoms with E-state index in [0.29, 0.717) is 5.41 Å². The molecular weight excluding hydrogens is 176 g/mol. The molecule has 1 aliphatic rings. The SMILES string of the molecule is CC.CC1(C)CSc2ccccc21. The van der Waals surface area contributed by atoms with Crippen molar-refractivity contribution in [2.75, 3.05) is 5.75 Å². The molecule has 0 nitrogen and oxygen atoms in total. The molecular formula is C12H18S. The van der Waals surface area contributed by atoms with E-state index in [9.17, 15) is 0 Å². The quantitative estimate of drug-likeness (QED) is 0.599. The van der Waals surface area contributed by atoms with E-state index in [1.54, 1.807) is 0 Å². The highest BCUT2D eigenvalue weighted by molar-refractivity contribution is 7.99. The van der Waals surface area contributed by atoms with Gasteiger partial charge in [0.05, 0.1) is 0 Å². The van der Waals surface area contributed by atoms with Crippen LogP contribution in [0.2, 0.25) is 0 Å². The lowest BCUT2D eigenvalue weighted by Crippen LogP contribution is -2.15. The van der Waals surface area contributed by atoms with Gasteiger partial charge in [-0.25, -0.2) is 0 Å². The van der Waals surface area contributed by atoms with Gasteiger partial charge in [0.25, 0.3) is 0 Å². The smallest absolute Gasteiger partial charge is 0.0110 e. The van der Waals surface area contributed by atoms with Crippen LogP contribution in [-0.2, 0) is 5.41 Å². The maximum Gasteiger partial charge on any atom is 0.0110 e. The van der Waals surface area contributed by atoms with E-state index in [2.05, 4.69) is 38.1 Å². The monoisotopic (exact) mass is 194 g/mol. The molecule has 0 amide bonds. The molecule has 1 aliphatic heterocycles. The lowest BCUT2D eigenvalue weighted by molar-refractivity contribution is 0.605. The number of fused-ring (bicyclic) bond motifs is 1. The maximum absolute atomic E-state index is 2.31. The minimum absolute atomic E-state index is 0.390. The van der Waals surface area contributed by atoms with E-state index in [1.165, 1.54) is 16.2 Å². The Morgan fingerprint density at radius 1 is 1.15 bits per heavy atom. The predicted octanol–water partition coefficient (Wildman–Crippen LogP) is 4.10. The second-order valence-electron chi connectivity index (χ2n) is 3.67. The maximum atomic E-state index is 2.31. The summed E-state index contributed by atoms with van der Waals surface area (Å²) in [6, 6.07) is 8.71. The summed E-state index contributed by atoms with van der Waals surface area (Å²) in [4.78, 5) is 1.47. The summed E-state index contributed by atoms with van der Waals surface area (Å²) in [5, 5.41) is 0. The van der Waals surface area contributed by atoms with Crippen LogP contribution in [0.25, 0.3) is 0 Å². The van der Waals surface area contributed by atoms with Gasteiger partial charge in [0.1, 0.15) is 0 Å². The number of hydrogen-bond donors (Lipinski definition) is 0. The normalized spacial score (nSPS) is 17.2. The van der Waals surface area contributed by atoms with Crippen molar-refractivity contribution in [2.24, 2.45) is 0 Å². The fourth-order valence-electron chi connectivity index (χ4n) is 1.49. The molecule has 0 saturated heterocycles. The fraction of sp³-hybridized carbons (Fsp3) is 0.500. The molecule has 13 heavy (non-hydrogen) atoms. The first-order valence-corrected chi connectivity index (χ1v) is 5.91. The number of hydrogen-bond acceptors (Lipinski definition) is 1. The molecule has 1 aromatic carbocycles. The van der Waals surface area contributed by atoms with Crippen molar-refractivity contribution in [3.8, 4) is 0 Å². The molecule has 0 radical (unpaired) electrons. The van der Waals surface area contributed by atoms with Gasteiger partial charge in [-0.15, -0.1) is 11.8 Å². The summed E-state index contributed by atoms with van der Waals surface area (Å²) in [5.41, 5.74) is 1.91. The Balaban J connectivity index is 0.000000396. The average molecular weight is 194 g/mol. The van der Waals surface area contributed by atoms with Gasteiger partial charge in [0, 0.05) is 16.1 Å². The molecule has 0 spiro atoms. The van der Waals surface area contributed by atoms with Crippen molar-refractivity contribution in [2.45, 2.75) is 38.0 Å². The molecule has 0 aromatic heterocycles. The number of thioether (sulfide) groups is 1. The van der Waals surface area contributed by atoms with Gasteiger partial charge in [0.15, 0.2) is 0 Å². The predicted molar refractivity (Wildman–Crippen MR) is 61.5 cm³/mol. The summed E-state index contributed by atoms with van der Waals surface area (Å²) >= 11 is 1.97. The van der Waals surface area contributed by atoms with Crippen molar-refractivity contribution in [1.82, 2.24) is 0 Å². The van der Waals surface area contributed by atoms with Gasteiger partial charge in [-0.05, 0) is 11.6 Å². The molecule has 0 N–H and O–H groups in total. The Morgan fingerprint density at radius 2 is 1.77 bits per heavy atom. The van der Waals surface area contributed by atoms with Crippen molar-refractivity contribution in [1.29, 1.82) is 0 Å². The van der Waals surface area contributed by atoms with Crippen LogP contribution in [0.15, 0.2) is 29.2 Å². The first-order chi connectivity index (χ1) is 6.20. The lowest BCUT2D eigenvalue weighted by atomic mass is 9.87. The van der Waals surface area contributed by atoms with Crippen LogP contribution >= 0.6 is 11.8 Å². The first-order valence-electron chi connectivity index (χ1n) is 4.92. The van der Waals surface area contributed by atoms with Crippen molar-refractivity contribution >= 4 is 11.8 Å². The van der Waals surface area contributed by atoms with Crippen molar-refractivity contribution < 1.29 is 0 Å². The van der Waals surface area contributed by atoms with Crippen LogP contribution < -0.4 is 0 Å². The third kappa shape index (κ3) is 2.08. The van der Waals surface area contributed by atoms with Gasteiger partial charge >= 0.3 is 0 Å².